The Kier molecular flexibility index (Phi) is 3.16. The molecule has 64 valence electrons. The van der Waals surface area contributed by atoms with Crippen molar-refractivity contribution in [1.29, 1.82) is 0 Å². The molecule has 0 nitrogen and oxygen atoms in total. The maximum Gasteiger partial charge on any atom is -0.0231 e. The molecule has 1 rings (SSSR count). The molecule has 0 aromatic heterocycles. The summed E-state index contributed by atoms with van der Waals surface area (Å²) in [6.07, 6.45) is 7.99. The lowest BCUT2D eigenvalue weighted by Gasteiger charge is -2.07. The molecule has 0 aliphatic heterocycles. The average molecular weight is 152 g/mol. The average Bonchev–Trinajstić information content (AvgIpc) is 2.37. The van der Waals surface area contributed by atoms with Gasteiger partial charge >= 0.3 is 0 Å². The zero-order valence-electron chi connectivity index (χ0n) is 8.06. The molecule has 0 aromatic rings. The van der Waals surface area contributed by atoms with E-state index in [0.717, 1.165) is 11.8 Å². The molecule has 11 heavy (non-hydrogen) atoms. The summed E-state index contributed by atoms with van der Waals surface area (Å²) >= 11 is 0. The van der Waals surface area contributed by atoms with Crippen LogP contribution in [-0.2, 0) is 0 Å². The molecular formula is C11H20. The van der Waals surface area contributed by atoms with Gasteiger partial charge in [0, 0.05) is 0 Å². The van der Waals surface area contributed by atoms with Gasteiger partial charge in [0.1, 0.15) is 0 Å². The van der Waals surface area contributed by atoms with E-state index in [2.05, 4.69) is 26.8 Å². The Morgan fingerprint density at radius 3 is 2.82 bits per heavy atom. The summed E-state index contributed by atoms with van der Waals surface area (Å²) in [4.78, 5) is 0. The van der Waals surface area contributed by atoms with Crippen molar-refractivity contribution in [3.05, 3.63) is 11.6 Å². The van der Waals surface area contributed by atoms with Crippen LogP contribution in [0.3, 0.4) is 0 Å². The van der Waals surface area contributed by atoms with Crippen molar-refractivity contribution in [2.45, 2.75) is 46.5 Å². The van der Waals surface area contributed by atoms with E-state index in [-0.39, 0.29) is 0 Å². The Labute approximate surface area is 70.7 Å². The minimum Gasteiger partial charge on any atom is -0.0822 e. The summed E-state index contributed by atoms with van der Waals surface area (Å²) in [6.45, 7) is 6.95. The first-order valence-electron chi connectivity index (χ1n) is 4.94. The van der Waals surface area contributed by atoms with Crippen LogP contribution < -0.4 is 0 Å². The van der Waals surface area contributed by atoms with Crippen LogP contribution in [0.15, 0.2) is 11.6 Å². The van der Waals surface area contributed by atoms with Crippen molar-refractivity contribution in [2.24, 2.45) is 11.8 Å². The van der Waals surface area contributed by atoms with Crippen molar-refractivity contribution in [3.63, 3.8) is 0 Å². The smallest absolute Gasteiger partial charge is 0.0231 e. The Hall–Kier alpha value is -0.260. The summed E-state index contributed by atoms with van der Waals surface area (Å²) in [7, 11) is 0. The van der Waals surface area contributed by atoms with Gasteiger partial charge < -0.3 is 0 Å². The fourth-order valence-corrected chi connectivity index (χ4v) is 1.78. The molecule has 0 heteroatoms. The summed E-state index contributed by atoms with van der Waals surface area (Å²) < 4.78 is 0. The molecule has 1 aliphatic rings. The van der Waals surface area contributed by atoms with Crippen LogP contribution in [0.1, 0.15) is 46.5 Å². The lowest BCUT2D eigenvalue weighted by Crippen LogP contribution is -1.93. The Bertz CT molecular complexity index is 144. The van der Waals surface area contributed by atoms with Gasteiger partial charge in [0.2, 0.25) is 0 Å². The molecule has 0 bridgehead atoms. The predicted molar refractivity (Wildman–Crippen MR) is 50.6 cm³/mol. The summed E-state index contributed by atoms with van der Waals surface area (Å²) in [5.41, 5.74) is 1.72. The van der Waals surface area contributed by atoms with E-state index < -0.39 is 0 Å². The lowest BCUT2D eigenvalue weighted by molar-refractivity contribution is 0.658. The van der Waals surface area contributed by atoms with E-state index in [1.165, 1.54) is 25.7 Å². The highest BCUT2D eigenvalue weighted by Gasteiger charge is 2.15. The fraction of sp³-hybridized carbons (Fsp3) is 0.818. The predicted octanol–water partition coefficient (Wildman–Crippen LogP) is 3.78. The molecule has 1 aliphatic carbocycles. The maximum atomic E-state index is 2.50. The highest BCUT2D eigenvalue weighted by molar-refractivity contribution is 5.11. The lowest BCUT2D eigenvalue weighted by atomic mass is 9.99. The number of rotatable bonds is 2. The highest BCUT2D eigenvalue weighted by Crippen LogP contribution is 2.31. The van der Waals surface area contributed by atoms with E-state index >= 15 is 0 Å². The molecule has 1 saturated carbocycles. The molecule has 2 atom stereocenters. The topological polar surface area (TPSA) is 0 Å². The van der Waals surface area contributed by atoms with Gasteiger partial charge in [-0.3, -0.25) is 0 Å². The Morgan fingerprint density at radius 1 is 1.64 bits per heavy atom. The van der Waals surface area contributed by atoms with Gasteiger partial charge in [-0.05, 0) is 31.1 Å². The molecule has 0 amide bonds. The number of hydrogen-bond acceptors (Lipinski definition) is 0. The molecule has 2 unspecified atom stereocenters. The van der Waals surface area contributed by atoms with Crippen LogP contribution in [0.5, 0.6) is 0 Å². The monoisotopic (exact) mass is 152 g/mol. The van der Waals surface area contributed by atoms with Gasteiger partial charge in [-0.15, -0.1) is 0 Å². The minimum absolute atomic E-state index is 0.797. The van der Waals surface area contributed by atoms with Gasteiger partial charge in [0.15, 0.2) is 0 Å². The third-order valence-electron chi connectivity index (χ3n) is 2.88. The minimum atomic E-state index is 0.797. The second-order valence-corrected chi connectivity index (χ2v) is 3.92. The molecule has 0 saturated heterocycles. The third-order valence-corrected chi connectivity index (χ3v) is 2.88. The number of allylic oxidation sites excluding steroid dienone is 2. The molecule has 0 radical (unpaired) electrons. The van der Waals surface area contributed by atoms with E-state index in [4.69, 9.17) is 0 Å². The van der Waals surface area contributed by atoms with Crippen molar-refractivity contribution < 1.29 is 0 Å². The van der Waals surface area contributed by atoms with E-state index in [1.807, 2.05) is 0 Å². The first-order chi connectivity index (χ1) is 5.24. The molecule has 0 N–H and O–H groups in total. The van der Waals surface area contributed by atoms with Crippen LogP contribution in [0, 0.1) is 11.8 Å². The van der Waals surface area contributed by atoms with Gasteiger partial charge in [-0.25, -0.2) is 0 Å². The highest BCUT2D eigenvalue weighted by atomic mass is 14.2. The molecule has 1 fully saturated rings. The molecule has 0 heterocycles. The largest absolute Gasteiger partial charge is 0.0822 e. The summed E-state index contributed by atoms with van der Waals surface area (Å²) in [5.74, 6) is 1.68. The van der Waals surface area contributed by atoms with Crippen LogP contribution >= 0.6 is 0 Å². The second kappa shape index (κ2) is 3.94. The fourth-order valence-electron chi connectivity index (χ4n) is 1.78. The molecule has 0 spiro atoms. The third kappa shape index (κ3) is 2.36. The Morgan fingerprint density at radius 2 is 2.36 bits per heavy atom. The van der Waals surface area contributed by atoms with Crippen molar-refractivity contribution in [3.8, 4) is 0 Å². The van der Waals surface area contributed by atoms with Crippen LogP contribution in [0.4, 0.5) is 0 Å². The SMILES string of the molecule is CCC(C)C=C1CCCC1C. The van der Waals surface area contributed by atoms with Crippen molar-refractivity contribution in [1.82, 2.24) is 0 Å². The van der Waals surface area contributed by atoms with Gasteiger partial charge in [-0.2, -0.15) is 0 Å². The van der Waals surface area contributed by atoms with Crippen LogP contribution in [0.25, 0.3) is 0 Å². The maximum absolute atomic E-state index is 2.50. The Balaban J connectivity index is 2.50. The quantitative estimate of drug-likeness (QED) is 0.528. The first kappa shape index (κ1) is 8.83. The zero-order valence-corrected chi connectivity index (χ0v) is 8.06. The van der Waals surface area contributed by atoms with Crippen molar-refractivity contribution >= 4 is 0 Å². The molecule has 0 aromatic carbocycles. The van der Waals surface area contributed by atoms with Gasteiger partial charge in [0.05, 0.1) is 0 Å². The van der Waals surface area contributed by atoms with Crippen LogP contribution in [-0.4, -0.2) is 0 Å². The van der Waals surface area contributed by atoms with Gasteiger partial charge in [0.25, 0.3) is 0 Å². The summed E-state index contributed by atoms with van der Waals surface area (Å²) in [5, 5.41) is 0. The van der Waals surface area contributed by atoms with Gasteiger partial charge in [-0.1, -0.05) is 38.8 Å². The van der Waals surface area contributed by atoms with E-state index in [9.17, 15) is 0 Å². The van der Waals surface area contributed by atoms with E-state index in [0.29, 0.717) is 0 Å². The van der Waals surface area contributed by atoms with Crippen LogP contribution in [0.2, 0.25) is 0 Å². The van der Waals surface area contributed by atoms with E-state index in [1.54, 1.807) is 5.57 Å². The zero-order chi connectivity index (χ0) is 8.27. The molecular weight excluding hydrogens is 132 g/mol. The summed E-state index contributed by atoms with van der Waals surface area (Å²) in [6, 6.07) is 0. The second-order valence-electron chi connectivity index (χ2n) is 3.92. The number of hydrogen-bond donors (Lipinski definition) is 0. The van der Waals surface area contributed by atoms with Crippen molar-refractivity contribution in [2.75, 3.05) is 0 Å². The first-order valence-corrected chi connectivity index (χ1v) is 4.94. The normalized spacial score (nSPS) is 31.2. The standard InChI is InChI=1S/C11H20/c1-4-9(2)8-11-7-5-6-10(11)3/h8-10H,4-7H2,1-3H3.